The zero-order valence-electron chi connectivity index (χ0n) is 9.88. The third kappa shape index (κ3) is 2.22. The van der Waals surface area contributed by atoms with Gasteiger partial charge in [0.05, 0.1) is 11.6 Å². The van der Waals surface area contributed by atoms with Crippen LogP contribution in [0.2, 0.25) is 0 Å². The molecular formula is C10H23NO2. The van der Waals surface area contributed by atoms with Crippen LogP contribution in [0.4, 0.5) is 0 Å². The molecule has 1 aliphatic rings. The summed E-state index contributed by atoms with van der Waals surface area (Å²) in [5.74, 6) is 0. The molecule has 0 bridgehead atoms. The third-order valence-corrected chi connectivity index (χ3v) is 2.52. The summed E-state index contributed by atoms with van der Waals surface area (Å²) in [6, 6.07) is 0. The van der Waals surface area contributed by atoms with Gasteiger partial charge in [0.1, 0.15) is 5.72 Å². The smallest absolute Gasteiger partial charge is 0.139 e. The van der Waals surface area contributed by atoms with E-state index < -0.39 is 5.72 Å². The Balaban J connectivity index is 0.000000671. The Hall–Kier alpha value is -0.120. The summed E-state index contributed by atoms with van der Waals surface area (Å²) < 4.78 is 5.55. The van der Waals surface area contributed by atoms with Crippen LogP contribution in [0.1, 0.15) is 48.5 Å². The molecule has 0 aromatic heterocycles. The molecular weight excluding hydrogens is 166 g/mol. The first-order chi connectivity index (χ1) is 5.78. The third-order valence-electron chi connectivity index (χ3n) is 2.52. The maximum atomic E-state index is 9.66. The highest BCUT2D eigenvalue weighted by molar-refractivity contribution is 4.94. The van der Waals surface area contributed by atoms with Crippen LogP contribution < -0.4 is 0 Å². The van der Waals surface area contributed by atoms with Gasteiger partial charge in [-0.3, -0.25) is 0 Å². The van der Waals surface area contributed by atoms with Crippen molar-refractivity contribution < 1.29 is 9.94 Å². The van der Waals surface area contributed by atoms with E-state index in [1.807, 2.05) is 48.5 Å². The number of hydrogen-bond donors (Lipinski definition) is 1. The monoisotopic (exact) mass is 189 g/mol. The summed E-state index contributed by atoms with van der Waals surface area (Å²) in [7, 11) is 0. The number of ether oxygens (including phenoxy) is 1. The second kappa shape index (κ2) is 3.95. The summed E-state index contributed by atoms with van der Waals surface area (Å²) in [6.45, 7) is 13.6. The summed E-state index contributed by atoms with van der Waals surface area (Å²) in [5, 5.41) is 10.9. The van der Waals surface area contributed by atoms with E-state index >= 15 is 0 Å². The van der Waals surface area contributed by atoms with E-state index in [0.717, 1.165) is 0 Å². The van der Waals surface area contributed by atoms with Gasteiger partial charge in [-0.1, -0.05) is 13.8 Å². The first-order valence-electron chi connectivity index (χ1n) is 4.95. The largest absolute Gasteiger partial charge is 0.354 e. The molecule has 80 valence electrons. The highest BCUT2D eigenvalue weighted by Crippen LogP contribution is 2.37. The van der Waals surface area contributed by atoms with Crippen molar-refractivity contribution in [3.05, 3.63) is 0 Å². The van der Waals surface area contributed by atoms with Crippen molar-refractivity contribution in [2.24, 2.45) is 0 Å². The molecule has 13 heavy (non-hydrogen) atoms. The molecule has 3 nitrogen and oxygen atoms in total. The Morgan fingerprint density at radius 1 is 1.15 bits per heavy atom. The molecule has 1 heterocycles. The van der Waals surface area contributed by atoms with E-state index in [4.69, 9.17) is 4.74 Å². The van der Waals surface area contributed by atoms with Crippen LogP contribution in [-0.2, 0) is 4.74 Å². The molecule has 0 aromatic rings. The van der Waals surface area contributed by atoms with Crippen molar-refractivity contribution in [2.45, 2.75) is 65.8 Å². The van der Waals surface area contributed by atoms with Crippen molar-refractivity contribution >= 4 is 0 Å². The first-order valence-corrected chi connectivity index (χ1v) is 4.95. The van der Waals surface area contributed by atoms with Crippen molar-refractivity contribution in [3.63, 3.8) is 0 Å². The molecule has 1 rings (SSSR count). The first kappa shape index (κ1) is 12.9. The lowest BCUT2D eigenvalue weighted by Crippen LogP contribution is -2.48. The summed E-state index contributed by atoms with van der Waals surface area (Å²) in [5.41, 5.74) is -0.841. The maximum absolute atomic E-state index is 9.66. The van der Waals surface area contributed by atoms with Gasteiger partial charge in [0.2, 0.25) is 0 Å². The summed E-state index contributed by atoms with van der Waals surface area (Å²) >= 11 is 0. The van der Waals surface area contributed by atoms with Crippen LogP contribution in [0.5, 0.6) is 0 Å². The number of nitrogens with zero attached hydrogens (tertiary/aromatic N) is 1. The average molecular weight is 189 g/mol. The van der Waals surface area contributed by atoms with E-state index in [2.05, 4.69) is 0 Å². The maximum Gasteiger partial charge on any atom is 0.139 e. The van der Waals surface area contributed by atoms with Crippen LogP contribution in [-0.4, -0.2) is 27.6 Å². The minimum Gasteiger partial charge on any atom is -0.354 e. The van der Waals surface area contributed by atoms with Gasteiger partial charge in [-0.25, -0.2) is 0 Å². The van der Waals surface area contributed by atoms with Gasteiger partial charge in [0, 0.05) is 0 Å². The molecule has 1 aliphatic heterocycles. The van der Waals surface area contributed by atoms with Crippen LogP contribution >= 0.6 is 0 Å². The number of rotatable bonds is 0. The highest BCUT2D eigenvalue weighted by Gasteiger charge is 2.50. The van der Waals surface area contributed by atoms with Crippen molar-refractivity contribution in [1.82, 2.24) is 5.06 Å². The van der Waals surface area contributed by atoms with Crippen LogP contribution in [0.15, 0.2) is 0 Å². The van der Waals surface area contributed by atoms with Crippen LogP contribution in [0, 0.1) is 0 Å². The quantitative estimate of drug-likeness (QED) is 0.636. The molecule has 0 aromatic carbocycles. The van der Waals surface area contributed by atoms with Gasteiger partial charge in [-0.05, 0) is 34.6 Å². The van der Waals surface area contributed by atoms with Crippen LogP contribution in [0.25, 0.3) is 0 Å². The predicted octanol–water partition coefficient (Wildman–Crippen LogP) is 2.64. The number of hydrogen-bond acceptors (Lipinski definition) is 3. The van der Waals surface area contributed by atoms with E-state index in [1.165, 1.54) is 5.06 Å². The molecule has 3 heteroatoms. The minimum absolute atomic E-state index is 0.0579. The Labute approximate surface area is 81.6 Å². The molecule has 0 spiro atoms. The van der Waals surface area contributed by atoms with Gasteiger partial charge < -0.3 is 9.94 Å². The standard InChI is InChI=1S/C8H17NO2.C2H6/c1-6-7(2,3)9(10)8(4,5)11-6;1-2/h6,10H,1-5H3;1-2H3. The van der Waals surface area contributed by atoms with Gasteiger partial charge in [-0.15, -0.1) is 0 Å². The normalized spacial score (nSPS) is 30.9. The molecule has 1 unspecified atom stereocenters. The van der Waals surface area contributed by atoms with Gasteiger partial charge in [0.15, 0.2) is 0 Å². The molecule has 1 fully saturated rings. The molecule has 1 saturated heterocycles. The zero-order chi connectivity index (χ0) is 10.9. The Bertz CT molecular complexity index is 166. The van der Waals surface area contributed by atoms with Crippen molar-refractivity contribution in [1.29, 1.82) is 0 Å². The molecule has 1 atom stereocenters. The lowest BCUT2D eigenvalue weighted by Gasteiger charge is -2.31. The molecule has 0 aliphatic carbocycles. The molecule has 0 radical (unpaired) electrons. The van der Waals surface area contributed by atoms with Crippen molar-refractivity contribution in [2.75, 3.05) is 0 Å². The molecule has 0 amide bonds. The Kier molecular flexibility index (Phi) is 3.91. The van der Waals surface area contributed by atoms with Gasteiger partial charge >= 0.3 is 0 Å². The van der Waals surface area contributed by atoms with Crippen LogP contribution in [0.3, 0.4) is 0 Å². The summed E-state index contributed by atoms with van der Waals surface area (Å²) in [4.78, 5) is 0. The highest BCUT2D eigenvalue weighted by atomic mass is 16.6. The van der Waals surface area contributed by atoms with E-state index in [9.17, 15) is 5.21 Å². The minimum atomic E-state index is -0.553. The zero-order valence-corrected chi connectivity index (χ0v) is 9.88. The van der Waals surface area contributed by atoms with E-state index in [-0.39, 0.29) is 11.6 Å². The lowest BCUT2D eigenvalue weighted by atomic mass is 9.99. The average Bonchev–Trinajstić information content (AvgIpc) is 2.17. The fourth-order valence-electron chi connectivity index (χ4n) is 1.49. The predicted molar refractivity (Wildman–Crippen MR) is 53.7 cm³/mol. The second-order valence-electron chi connectivity index (χ2n) is 4.17. The topological polar surface area (TPSA) is 32.7 Å². The van der Waals surface area contributed by atoms with E-state index in [0.29, 0.717) is 0 Å². The SMILES string of the molecule is CC.CC1OC(C)(C)N(O)C1(C)C. The molecule has 0 saturated carbocycles. The fourth-order valence-corrected chi connectivity index (χ4v) is 1.49. The fraction of sp³-hybridized carbons (Fsp3) is 1.00. The lowest BCUT2D eigenvalue weighted by molar-refractivity contribution is -0.234. The number of hydroxylamine groups is 2. The van der Waals surface area contributed by atoms with E-state index in [1.54, 1.807) is 0 Å². The van der Waals surface area contributed by atoms with Crippen molar-refractivity contribution in [3.8, 4) is 0 Å². The molecule has 1 N–H and O–H groups in total. The van der Waals surface area contributed by atoms with Gasteiger partial charge in [-0.2, -0.15) is 5.06 Å². The Morgan fingerprint density at radius 3 is 1.62 bits per heavy atom. The summed E-state index contributed by atoms with van der Waals surface area (Å²) in [6.07, 6.45) is 0.0579. The Morgan fingerprint density at radius 2 is 1.54 bits per heavy atom. The van der Waals surface area contributed by atoms with Gasteiger partial charge in [0.25, 0.3) is 0 Å². The second-order valence-corrected chi connectivity index (χ2v) is 4.17.